The third-order valence-electron chi connectivity index (χ3n) is 17.1. The molecule has 6 unspecified atom stereocenters. The van der Waals surface area contributed by atoms with Gasteiger partial charge in [-0.25, -0.2) is 0 Å². The van der Waals surface area contributed by atoms with E-state index in [1.807, 2.05) is 13.0 Å². The van der Waals surface area contributed by atoms with Gasteiger partial charge in [0.25, 0.3) is 5.91 Å². The second kappa shape index (κ2) is 51.0. The number of nitrogens with two attached hydrogens (primary N) is 8. The van der Waals surface area contributed by atoms with Crippen LogP contribution >= 0.6 is 0 Å². The smallest absolute Gasteiger partial charge is 0.257 e. The lowest BCUT2D eigenvalue weighted by atomic mass is 9.90. The summed E-state index contributed by atoms with van der Waals surface area (Å²) in [7, 11) is 0. The van der Waals surface area contributed by atoms with Gasteiger partial charge in [0, 0.05) is 52.2 Å². The minimum atomic E-state index is -0.962. The standard InChI is InChI=1S/C70H126N16O9/c1-49-44-52(4)64(53(5)45-49)54-46-51(3)61(47-50(54)2)95-48-62(87)79-37-23-11-9-7-6-8-10-12-32-63(88)86(42-40-82-69(93)59(84-67(91)57(77)28-15-21-35-73)30-17-24-38-80-65(89)55(75)26-13-19-33-71)43-41-83-70(94)60(85-68(92)58(78)29-16-22-36-74)31-18-25-39-81-66(90)56(76)27-14-20-34-72/h44-47,55-60H,6-43,48,71-78H2,1-5H3,(H,79,87)(H,80,89)(H,81,90)(H,82,93)(H,83,94)(H,84,91)(H,85,92). The van der Waals surface area contributed by atoms with Crippen LogP contribution in [0.5, 0.6) is 5.75 Å². The van der Waals surface area contributed by atoms with Crippen molar-refractivity contribution in [2.45, 2.75) is 244 Å². The molecule has 0 aliphatic carbocycles. The van der Waals surface area contributed by atoms with Crippen LogP contribution in [-0.2, 0) is 38.4 Å². The number of amides is 8. The zero-order chi connectivity index (χ0) is 70.3. The lowest BCUT2D eigenvalue weighted by molar-refractivity contribution is -0.133. The number of benzene rings is 2. The first-order valence-electron chi connectivity index (χ1n) is 35.5. The van der Waals surface area contributed by atoms with Gasteiger partial charge in [-0.15, -0.1) is 0 Å². The van der Waals surface area contributed by atoms with Gasteiger partial charge in [-0.1, -0.05) is 81.9 Å². The number of carbonyl (C=O) groups is 8. The predicted octanol–water partition coefficient (Wildman–Crippen LogP) is 3.33. The molecule has 25 heteroatoms. The van der Waals surface area contributed by atoms with Crippen LogP contribution in [-0.4, -0.2) is 167 Å². The molecule has 0 aliphatic rings. The van der Waals surface area contributed by atoms with E-state index in [9.17, 15) is 38.4 Å². The van der Waals surface area contributed by atoms with Crippen molar-refractivity contribution in [3.63, 3.8) is 0 Å². The second-order valence-electron chi connectivity index (χ2n) is 25.6. The Bertz CT molecular complexity index is 2460. The summed E-state index contributed by atoms with van der Waals surface area (Å²) in [6.07, 6.45) is 17.4. The fourth-order valence-corrected chi connectivity index (χ4v) is 11.4. The van der Waals surface area contributed by atoms with Crippen LogP contribution < -0.4 is 87.8 Å². The van der Waals surface area contributed by atoms with Crippen LogP contribution in [0.4, 0.5) is 0 Å². The molecule has 6 atom stereocenters. The average molecular weight is 1340 g/mol. The molecule has 0 radical (unpaired) electrons. The van der Waals surface area contributed by atoms with Crippen molar-refractivity contribution in [2.75, 3.05) is 78.6 Å². The van der Waals surface area contributed by atoms with Crippen molar-refractivity contribution in [2.24, 2.45) is 45.9 Å². The molecule has 2 rings (SSSR count). The molecule has 2 aromatic rings. The molecular weight excluding hydrogens is 1210 g/mol. The molecule has 0 fully saturated rings. The normalized spacial score (nSPS) is 13.1. The number of rotatable bonds is 55. The molecule has 2 aromatic carbocycles. The molecule has 25 nitrogen and oxygen atoms in total. The average Bonchev–Trinajstić information content (AvgIpc) is 0.796. The molecule has 0 bridgehead atoms. The molecule has 0 spiro atoms. The van der Waals surface area contributed by atoms with Crippen LogP contribution in [0.1, 0.15) is 201 Å². The van der Waals surface area contributed by atoms with Gasteiger partial charge in [0.2, 0.25) is 41.4 Å². The van der Waals surface area contributed by atoms with Crippen LogP contribution in [0.15, 0.2) is 24.3 Å². The van der Waals surface area contributed by atoms with Gasteiger partial charge in [0.15, 0.2) is 6.61 Å². The van der Waals surface area contributed by atoms with E-state index in [0.717, 1.165) is 81.8 Å². The van der Waals surface area contributed by atoms with Gasteiger partial charge in [-0.05, 0) is 209 Å². The Kier molecular flexibility index (Phi) is 45.5. The SMILES string of the molecule is Cc1cc(C)c(-c2cc(C)c(OCC(=O)NCCCCCCCCCCC(=O)N(CCNC(=O)C(CCCCNC(=O)C(N)CCCCN)NC(=O)C(N)CCCCN)CCNC(=O)C(CCCCNC(=O)C(N)CCCCN)NC(=O)C(N)CCCCN)cc2C)c(C)c1. The summed E-state index contributed by atoms with van der Waals surface area (Å²) in [6, 6.07) is 3.60. The quantitative estimate of drug-likeness (QED) is 0.0422. The predicted molar refractivity (Wildman–Crippen MR) is 379 cm³/mol. The Labute approximate surface area is 567 Å². The van der Waals surface area contributed by atoms with Crippen molar-refractivity contribution in [3.8, 4) is 16.9 Å². The van der Waals surface area contributed by atoms with Crippen molar-refractivity contribution < 1.29 is 43.1 Å². The van der Waals surface area contributed by atoms with Crippen molar-refractivity contribution in [1.29, 1.82) is 0 Å². The highest BCUT2D eigenvalue weighted by Crippen LogP contribution is 2.35. The summed E-state index contributed by atoms with van der Waals surface area (Å²) in [6.45, 7) is 13.8. The van der Waals surface area contributed by atoms with Gasteiger partial charge in [-0.2, -0.15) is 0 Å². The number of ether oxygens (including phenoxy) is 1. The molecular formula is C70H126N16O9. The van der Waals surface area contributed by atoms with E-state index >= 15 is 0 Å². The summed E-state index contributed by atoms with van der Waals surface area (Å²) < 4.78 is 5.98. The number of nitrogens with zero attached hydrogens (tertiary/aromatic N) is 1. The number of carbonyl (C=O) groups excluding carboxylic acids is 8. The number of unbranched alkanes of at least 4 members (excludes halogenated alkanes) is 13. The molecule has 0 saturated heterocycles. The zero-order valence-electron chi connectivity index (χ0n) is 58.6. The molecule has 0 aliphatic heterocycles. The number of nitrogens with one attached hydrogen (secondary N) is 7. The topological polar surface area (TPSA) is 441 Å². The highest BCUT2D eigenvalue weighted by molar-refractivity contribution is 5.90. The van der Waals surface area contributed by atoms with Crippen LogP contribution in [0, 0.1) is 34.6 Å². The summed E-state index contributed by atoms with van der Waals surface area (Å²) in [4.78, 5) is 108. The first kappa shape index (κ1) is 84.8. The third kappa shape index (κ3) is 36.6. The van der Waals surface area contributed by atoms with E-state index in [1.54, 1.807) is 4.90 Å². The summed E-state index contributed by atoms with van der Waals surface area (Å²) >= 11 is 0. The Morgan fingerprint density at radius 2 is 0.758 bits per heavy atom. The van der Waals surface area contributed by atoms with Gasteiger partial charge >= 0.3 is 0 Å². The molecule has 95 heavy (non-hydrogen) atoms. The van der Waals surface area contributed by atoms with E-state index in [0.29, 0.717) is 135 Å². The maximum absolute atomic E-state index is 14.1. The first-order valence-corrected chi connectivity index (χ1v) is 35.5. The Morgan fingerprint density at radius 1 is 0.389 bits per heavy atom. The summed E-state index contributed by atoms with van der Waals surface area (Å²) in [5, 5.41) is 20.2. The maximum atomic E-state index is 14.1. The minimum absolute atomic E-state index is 0.0294. The highest BCUT2D eigenvalue weighted by Gasteiger charge is 2.27. The maximum Gasteiger partial charge on any atom is 0.257 e. The lowest BCUT2D eigenvalue weighted by Gasteiger charge is -2.26. The fraction of sp³-hybridized carbons (Fsp3) is 0.714. The first-order chi connectivity index (χ1) is 45.6. The van der Waals surface area contributed by atoms with E-state index in [-0.39, 0.29) is 75.7 Å². The monoisotopic (exact) mass is 1330 g/mol. The van der Waals surface area contributed by atoms with Gasteiger partial charge < -0.3 is 92.7 Å². The fourth-order valence-electron chi connectivity index (χ4n) is 11.4. The van der Waals surface area contributed by atoms with Gasteiger partial charge in [-0.3, -0.25) is 38.4 Å². The van der Waals surface area contributed by atoms with Crippen molar-refractivity contribution >= 4 is 47.3 Å². The number of hydrogen-bond donors (Lipinski definition) is 15. The lowest BCUT2D eigenvalue weighted by Crippen LogP contribution is -2.53. The number of aryl methyl sites for hydroxylation is 5. The van der Waals surface area contributed by atoms with E-state index < -0.39 is 59.9 Å². The van der Waals surface area contributed by atoms with Crippen molar-refractivity contribution in [3.05, 3.63) is 52.1 Å². The van der Waals surface area contributed by atoms with Gasteiger partial charge in [0.05, 0.1) is 24.2 Å². The minimum Gasteiger partial charge on any atom is -0.483 e. The molecule has 8 amide bonds. The second-order valence-corrected chi connectivity index (χ2v) is 25.6. The third-order valence-corrected chi connectivity index (χ3v) is 17.1. The molecule has 23 N–H and O–H groups in total. The zero-order valence-corrected chi connectivity index (χ0v) is 58.6. The Balaban J connectivity index is 2.08. The van der Waals surface area contributed by atoms with Crippen LogP contribution in [0.3, 0.4) is 0 Å². The molecule has 0 saturated carbocycles. The van der Waals surface area contributed by atoms with E-state index in [2.05, 4.69) is 83.1 Å². The molecule has 0 aromatic heterocycles. The summed E-state index contributed by atoms with van der Waals surface area (Å²) in [5.74, 6) is -2.06. The van der Waals surface area contributed by atoms with E-state index in [1.165, 1.54) is 27.8 Å². The largest absolute Gasteiger partial charge is 0.483 e. The Morgan fingerprint density at radius 3 is 1.19 bits per heavy atom. The molecule has 0 heterocycles. The van der Waals surface area contributed by atoms with Crippen molar-refractivity contribution in [1.82, 2.24) is 42.1 Å². The van der Waals surface area contributed by atoms with Gasteiger partial charge in [0.1, 0.15) is 17.8 Å². The highest BCUT2D eigenvalue weighted by atomic mass is 16.5. The summed E-state index contributed by atoms with van der Waals surface area (Å²) in [5.41, 5.74) is 55.3. The van der Waals surface area contributed by atoms with E-state index in [4.69, 9.17) is 50.6 Å². The van der Waals surface area contributed by atoms with Crippen LogP contribution in [0.25, 0.3) is 11.1 Å². The Hall–Kier alpha value is -6.32. The van der Waals surface area contributed by atoms with Crippen LogP contribution in [0.2, 0.25) is 0 Å². The molecule has 540 valence electrons. The number of hydrogen-bond acceptors (Lipinski definition) is 17.